The van der Waals surface area contributed by atoms with Crippen LogP contribution in [0.2, 0.25) is 5.02 Å². The minimum atomic E-state index is -1.57. The second kappa shape index (κ2) is 5.39. The number of aromatic nitrogens is 1. The van der Waals surface area contributed by atoms with E-state index < -0.39 is 7.12 Å². The Labute approximate surface area is 110 Å². The van der Waals surface area contributed by atoms with Gasteiger partial charge in [0.2, 0.25) is 0 Å². The Morgan fingerprint density at radius 1 is 1.22 bits per heavy atom. The monoisotopic (exact) mass is 263 g/mol. The van der Waals surface area contributed by atoms with E-state index in [4.69, 9.17) is 26.4 Å². The van der Waals surface area contributed by atoms with Crippen molar-refractivity contribution in [3.05, 3.63) is 41.6 Å². The summed E-state index contributed by atoms with van der Waals surface area (Å²) in [5, 5.41) is 18.4. The highest BCUT2D eigenvalue weighted by atomic mass is 35.5. The molecule has 1 aromatic heterocycles. The zero-order valence-corrected chi connectivity index (χ0v) is 10.4. The maximum absolute atomic E-state index is 9.02. The predicted molar refractivity (Wildman–Crippen MR) is 71.1 cm³/mol. The highest BCUT2D eigenvalue weighted by Gasteiger charge is 2.14. The van der Waals surface area contributed by atoms with E-state index in [0.29, 0.717) is 10.7 Å². The molecule has 4 nitrogen and oxygen atoms in total. The Morgan fingerprint density at radius 3 is 2.39 bits per heavy atom. The molecule has 0 aliphatic rings. The van der Waals surface area contributed by atoms with Gasteiger partial charge in [0.25, 0.3) is 0 Å². The van der Waals surface area contributed by atoms with Gasteiger partial charge in [-0.15, -0.1) is 0 Å². The van der Waals surface area contributed by atoms with Gasteiger partial charge < -0.3 is 14.8 Å². The smallest absolute Gasteiger partial charge is 0.490 e. The van der Waals surface area contributed by atoms with Crippen LogP contribution in [0, 0.1) is 0 Å². The van der Waals surface area contributed by atoms with E-state index in [-0.39, 0.29) is 5.46 Å². The molecule has 0 bridgehead atoms. The summed E-state index contributed by atoms with van der Waals surface area (Å²) in [5.41, 5.74) is 1.68. The Hall–Kier alpha value is -1.56. The van der Waals surface area contributed by atoms with E-state index in [2.05, 4.69) is 4.98 Å². The molecule has 1 aromatic carbocycles. The van der Waals surface area contributed by atoms with Gasteiger partial charge in [-0.3, -0.25) is 4.98 Å². The van der Waals surface area contributed by atoms with Gasteiger partial charge >= 0.3 is 7.12 Å². The number of methoxy groups -OCH3 is 1. The number of pyridine rings is 1. The average molecular weight is 263 g/mol. The van der Waals surface area contributed by atoms with Crippen LogP contribution in [-0.4, -0.2) is 29.3 Å². The minimum Gasteiger partial charge on any atom is -0.497 e. The molecule has 1 heterocycles. The molecule has 0 atom stereocenters. The molecule has 0 spiro atoms. The van der Waals surface area contributed by atoms with Crippen molar-refractivity contribution in [2.75, 3.05) is 7.11 Å². The van der Waals surface area contributed by atoms with Gasteiger partial charge in [0.15, 0.2) is 0 Å². The second-order valence-electron chi connectivity index (χ2n) is 3.70. The van der Waals surface area contributed by atoms with Crippen LogP contribution in [0.25, 0.3) is 11.3 Å². The van der Waals surface area contributed by atoms with Crippen molar-refractivity contribution in [3.8, 4) is 17.0 Å². The van der Waals surface area contributed by atoms with Crippen LogP contribution in [0.3, 0.4) is 0 Å². The summed E-state index contributed by atoms with van der Waals surface area (Å²) < 4.78 is 5.07. The highest BCUT2D eigenvalue weighted by Crippen LogP contribution is 2.26. The van der Waals surface area contributed by atoms with Crippen LogP contribution in [-0.2, 0) is 0 Å². The van der Waals surface area contributed by atoms with E-state index >= 15 is 0 Å². The number of halogens is 1. The SMILES string of the molecule is COc1ccc(-c2ncc(B(O)O)cc2Cl)cc1. The van der Waals surface area contributed by atoms with Crippen LogP contribution in [0.1, 0.15) is 0 Å². The molecule has 0 fully saturated rings. The average Bonchev–Trinajstić information content (AvgIpc) is 2.38. The van der Waals surface area contributed by atoms with Crippen molar-refractivity contribution in [2.24, 2.45) is 0 Å². The molecule has 6 heteroatoms. The lowest BCUT2D eigenvalue weighted by molar-refractivity contribution is 0.415. The molecule has 0 radical (unpaired) electrons. The molecular weight excluding hydrogens is 252 g/mol. The quantitative estimate of drug-likeness (QED) is 0.814. The largest absolute Gasteiger partial charge is 0.497 e. The zero-order chi connectivity index (χ0) is 13.1. The summed E-state index contributed by atoms with van der Waals surface area (Å²) in [6.45, 7) is 0. The molecule has 2 rings (SSSR count). The summed E-state index contributed by atoms with van der Waals surface area (Å²) in [5.74, 6) is 0.747. The molecule has 18 heavy (non-hydrogen) atoms. The second-order valence-corrected chi connectivity index (χ2v) is 4.11. The van der Waals surface area contributed by atoms with Gasteiger partial charge in [0.05, 0.1) is 17.8 Å². The number of benzene rings is 1. The Morgan fingerprint density at radius 2 is 1.89 bits per heavy atom. The Balaban J connectivity index is 2.38. The number of hydrogen-bond donors (Lipinski definition) is 2. The highest BCUT2D eigenvalue weighted by molar-refractivity contribution is 6.59. The predicted octanol–water partition coefficient (Wildman–Crippen LogP) is 1.09. The molecule has 2 aromatic rings. The van der Waals surface area contributed by atoms with Gasteiger partial charge in [-0.25, -0.2) is 0 Å². The Bertz CT molecular complexity index is 546. The standard InChI is InChI=1S/C12H11BClNO3/c1-18-10-4-2-8(3-5-10)12-11(14)6-9(7-15-12)13(16)17/h2-7,16-17H,1H3. The number of rotatable bonds is 3. The number of ether oxygens (including phenoxy) is 1. The maximum atomic E-state index is 9.02. The lowest BCUT2D eigenvalue weighted by Gasteiger charge is -2.07. The normalized spacial score (nSPS) is 10.2. The summed E-state index contributed by atoms with van der Waals surface area (Å²) in [7, 11) is 0.0254. The summed E-state index contributed by atoms with van der Waals surface area (Å²) in [6.07, 6.45) is 1.39. The van der Waals surface area contributed by atoms with Gasteiger partial charge in [-0.05, 0) is 30.3 Å². The summed E-state index contributed by atoms with van der Waals surface area (Å²) in [6, 6.07) is 8.77. The molecular formula is C12H11BClNO3. The molecule has 0 aliphatic heterocycles. The van der Waals surface area contributed by atoms with Gasteiger partial charge in [-0.1, -0.05) is 11.6 Å². The van der Waals surface area contributed by atoms with Crippen molar-refractivity contribution in [1.82, 2.24) is 4.98 Å². The lowest BCUT2D eigenvalue weighted by Crippen LogP contribution is -2.30. The van der Waals surface area contributed by atoms with Gasteiger partial charge in [0.1, 0.15) is 5.75 Å². The third-order valence-electron chi connectivity index (χ3n) is 2.52. The molecule has 0 unspecified atom stereocenters. The fourth-order valence-corrected chi connectivity index (χ4v) is 1.84. The van der Waals surface area contributed by atoms with E-state index in [1.165, 1.54) is 12.3 Å². The van der Waals surface area contributed by atoms with Crippen LogP contribution in [0.15, 0.2) is 36.5 Å². The first-order valence-corrected chi connectivity index (χ1v) is 5.65. The molecule has 92 valence electrons. The first kappa shape index (κ1) is 12.9. The van der Waals surface area contributed by atoms with Crippen molar-refractivity contribution < 1.29 is 14.8 Å². The van der Waals surface area contributed by atoms with Crippen molar-refractivity contribution in [2.45, 2.75) is 0 Å². The fraction of sp³-hybridized carbons (Fsp3) is 0.0833. The molecule has 0 saturated heterocycles. The van der Waals surface area contributed by atoms with E-state index in [9.17, 15) is 0 Å². The number of hydrogen-bond acceptors (Lipinski definition) is 4. The molecule has 0 saturated carbocycles. The molecule has 0 amide bonds. The summed E-state index contributed by atoms with van der Waals surface area (Å²) >= 11 is 6.07. The van der Waals surface area contributed by atoms with Crippen molar-refractivity contribution in [1.29, 1.82) is 0 Å². The third kappa shape index (κ3) is 2.64. The fourth-order valence-electron chi connectivity index (χ4n) is 1.56. The topological polar surface area (TPSA) is 62.6 Å². The van der Waals surface area contributed by atoms with Gasteiger partial charge in [0, 0.05) is 17.2 Å². The summed E-state index contributed by atoms with van der Waals surface area (Å²) in [4.78, 5) is 4.13. The van der Waals surface area contributed by atoms with Gasteiger partial charge in [-0.2, -0.15) is 0 Å². The first-order valence-electron chi connectivity index (χ1n) is 5.28. The van der Waals surface area contributed by atoms with E-state index in [1.54, 1.807) is 7.11 Å². The van der Waals surface area contributed by atoms with Crippen molar-refractivity contribution in [3.63, 3.8) is 0 Å². The van der Waals surface area contributed by atoms with E-state index in [0.717, 1.165) is 11.3 Å². The van der Waals surface area contributed by atoms with E-state index in [1.807, 2.05) is 24.3 Å². The third-order valence-corrected chi connectivity index (χ3v) is 2.81. The Kier molecular flexibility index (Phi) is 3.86. The number of nitrogens with zero attached hydrogens (tertiary/aromatic N) is 1. The zero-order valence-electron chi connectivity index (χ0n) is 9.67. The lowest BCUT2D eigenvalue weighted by atomic mass is 9.81. The van der Waals surface area contributed by atoms with Crippen LogP contribution >= 0.6 is 11.6 Å². The van der Waals surface area contributed by atoms with Crippen LogP contribution < -0.4 is 10.2 Å². The maximum Gasteiger partial charge on any atom is 0.490 e. The molecule has 2 N–H and O–H groups in total. The van der Waals surface area contributed by atoms with Crippen molar-refractivity contribution >= 4 is 24.2 Å². The minimum absolute atomic E-state index is 0.261. The van der Waals surface area contributed by atoms with Crippen LogP contribution in [0.5, 0.6) is 5.75 Å². The molecule has 0 aliphatic carbocycles. The van der Waals surface area contributed by atoms with Crippen LogP contribution in [0.4, 0.5) is 0 Å². The first-order chi connectivity index (χ1) is 8.61.